The Morgan fingerprint density at radius 2 is 1.03 bits per heavy atom. The van der Waals surface area contributed by atoms with Crippen LogP contribution in [0.4, 0.5) is 22.7 Å². The van der Waals surface area contributed by atoms with Crippen LogP contribution in [0.25, 0.3) is 22.3 Å². The number of fused-ring (bicyclic) bond motifs is 4. The van der Waals surface area contributed by atoms with E-state index in [1.165, 1.54) is 33.5 Å². The molecule has 0 saturated heterocycles. The first kappa shape index (κ1) is 21.6. The fraction of sp³-hybridized carbons (Fsp3) is 0.0882. The van der Waals surface area contributed by atoms with Crippen LogP contribution in [0.15, 0.2) is 132 Å². The van der Waals surface area contributed by atoms with Gasteiger partial charge in [0, 0.05) is 11.3 Å². The highest BCUT2D eigenvalue weighted by atomic mass is 15.5. The predicted octanol–water partition coefficient (Wildman–Crippen LogP) is 8.92. The van der Waals surface area contributed by atoms with E-state index in [1.54, 1.807) is 0 Å². The zero-order valence-corrected chi connectivity index (χ0v) is 21.0. The fourth-order valence-corrected chi connectivity index (χ4v) is 5.67. The van der Waals surface area contributed by atoms with Crippen molar-refractivity contribution >= 4 is 28.7 Å². The van der Waals surface area contributed by atoms with E-state index in [1.807, 2.05) is 0 Å². The van der Waals surface area contributed by atoms with E-state index in [0.29, 0.717) is 0 Å². The van der Waals surface area contributed by atoms with Crippen molar-refractivity contribution in [1.82, 2.24) is 0 Å². The van der Waals surface area contributed by atoms with Gasteiger partial charge in [-0.1, -0.05) is 97.1 Å². The monoisotopic (exact) mass is 477 g/mol. The summed E-state index contributed by atoms with van der Waals surface area (Å²) in [5.41, 5.74) is 10.4. The minimum atomic E-state index is -0.223. The lowest BCUT2D eigenvalue weighted by Crippen LogP contribution is -2.49. The number of para-hydroxylation sites is 3. The smallest absolute Gasteiger partial charge is 0.216 e. The largest absolute Gasteiger partial charge is 0.300 e. The highest BCUT2D eigenvalue weighted by Crippen LogP contribution is 2.51. The van der Waals surface area contributed by atoms with Crippen molar-refractivity contribution in [2.24, 2.45) is 4.99 Å². The molecule has 178 valence electrons. The van der Waals surface area contributed by atoms with Crippen molar-refractivity contribution in [2.75, 3.05) is 9.80 Å². The number of anilines is 3. The molecule has 2 heterocycles. The molecular weight excluding hydrogens is 450 g/mol. The summed E-state index contributed by atoms with van der Waals surface area (Å²) in [5, 5.41) is 0. The van der Waals surface area contributed by atoms with Crippen LogP contribution in [0.2, 0.25) is 0 Å². The van der Waals surface area contributed by atoms with Crippen molar-refractivity contribution in [3.05, 3.63) is 133 Å². The quantitative estimate of drug-likeness (QED) is 0.258. The normalized spacial score (nSPS) is 15.0. The topological polar surface area (TPSA) is 18.8 Å². The van der Waals surface area contributed by atoms with Crippen LogP contribution in [0, 0.1) is 0 Å². The average molecular weight is 478 g/mol. The molecule has 0 radical (unpaired) electrons. The Labute approximate surface area is 218 Å². The van der Waals surface area contributed by atoms with E-state index in [-0.39, 0.29) is 5.54 Å². The SMILES string of the molecule is CC1(C)c2ccccc2N=C2N(c3ccc(-c4ccc(-c5ccccc5)cc4)cc3)c3ccccc3N21. The van der Waals surface area contributed by atoms with Gasteiger partial charge >= 0.3 is 0 Å². The molecule has 0 atom stereocenters. The van der Waals surface area contributed by atoms with Crippen molar-refractivity contribution < 1.29 is 0 Å². The summed E-state index contributed by atoms with van der Waals surface area (Å²) in [4.78, 5) is 9.83. The van der Waals surface area contributed by atoms with Gasteiger partial charge in [0.15, 0.2) is 0 Å². The lowest BCUT2D eigenvalue weighted by Gasteiger charge is -2.41. The average Bonchev–Trinajstić information content (AvgIpc) is 3.29. The lowest BCUT2D eigenvalue weighted by molar-refractivity contribution is 0.543. The number of hydrogen-bond acceptors (Lipinski definition) is 3. The molecule has 2 aliphatic heterocycles. The summed E-state index contributed by atoms with van der Waals surface area (Å²) in [6.45, 7) is 4.56. The van der Waals surface area contributed by atoms with Gasteiger partial charge in [0.05, 0.1) is 22.6 Å². The van der Waals surface area contributed by atoms with Gasteiger partial charge in [0.2, 0.25) is 5.96 Å². The second-order valence-electron chi connectivity index (χ2n) is 10.1. The summed E-state index contributed by atoms with van der Waals surface area (Å²) >= 11 is 0. The number of benzene rings is 5. The summed E-state index contributed by atoms with van der Waals surface area (Å²) in [5.74, 6) is 0.949. The first-order valence-electron chi connectivity index (χ1n) is 12.7. The number of hydrogen-bond donors (Lipinski definition) is 0. The lowest BCUT2D eigenvalue weighted by atomic mass is 9.89. The maximum absolute atomic E-state index is 5.16. The van der Waals surface area contributed by atoms with Crippen molar-refractivity contribution in [1.29, 1.82) is 0 Å². The van der Waals surface area contributed by atoms with Gasteiger partial charge in [-0.2, -0.15) is 0 Å². The summed E-state index contributed by atoms with van der Waals surface area (Å²) in [7, 11) is 0. The van der Waals surface area contributed by atoms with Crippen LogP contribution >= 0.6 is 0 Å². The molecule has 2 aliphatic rings. The summed E-state index contributed by atoms with van der Waals surface area (Å²) in [6.07, 6.45) is 0. The maximum atomic E-state index is 5.16. The summed E-state index contributed by atoms with van der Waals surface area (Å²) < 4.78 is 0. The number of rotatable bonds is 3. The van der Waals surface area contributed by atoms with E-state index in [0.717, 1.165) is 23.0 Å². The first-order chi connectivity index (χ1) is 18.1. The van der Waals surface area contributed by atoms with Crippen LogP contribution in [0.3, 0.4) is 0 Å². The Hall–Kier alpha value is -4.63. The first-order valence-corrected chi connectivity index (χ1v) is 12.7. The molecule has 0 bridgehead atoms. The zero-order chi connectivity index (χ0) is 25.0. The molecule has 3 nitrogen and oxygen atoms in total. The highest BCUT2D eigenvalue weighted by Gasteiger charge is 2.45. The maximum Gasteiger partial charge on any atom is 0.216 e. The Bertz CT molecular complexity index is 1630. The molecule has 0 amide bonds. The van der Waals surface area contributed by atoms with Gasteiger partial charge < -0.3 is 0 Å². The third kappa shape index (κ3) is 3.39. The van der Waals surface area contributed by atoms with Gasteiger partial charge in [0.25, 0.3) is 0 Å². The molecule has 0 aromatic heterocycles. The van der Waals surface area contributed by atoms with Gasteiger partial charge in [-0.25, -0.2) is 4.99 Å². The summed E-state index contributed by atoms with van der Waals surface area (Å²) in [6, 6.07) is 45.2. The van der Waals surface area contributed by atoms with Crippen LogP contribution in [-0.2, 0) is 5.54 Å². The van der Waals surface area contributed by atoms with E-state index < -0.39 is 0 Å². The Kier molecular flexibility index (Phi) is 4.80. The van der Waals surface area contributed by atoms with Crippen molar-refractivity contribution in [2.45, 2.75) is 19.4 Å². The molecule has 3 heteroatoms. The molecule has 0 unspecified atom stereocenters. The number of guanidine groups is 1. The van der Waals surface area contributed by atoms with Gasteiger partial charge in [-0.05, 0) is 66.4 Å². The Morgan fingerprint density at radius 1 is 0.514 bits per heavy atom. The van der Waals surface area contributed by atoms with Crippen LogP contribution in [0.1, 0.15) is 19.4 Å². The highest BCUT2D eigenvalue weighted by molar-refractivity contribution is 6.22. The van der Waals surface area contributed by atoms with Gasteiger partial charge in [-0.3, -0.25) is 9.80 Å². The van der Waals surface area contributed by atoms with Crippen LogP contribution in [0.5, 0.6) is 0 Å². The van der Waals surface area contributed by atoms with Crippen LogP contribution in [-0.4, -0.2) is 5.96 Å². The molecule has 0 aliphatic carbocycles. The Morgan fingerprint density at radius 3 is 1.70 bits per heavy atom. The molecule has 5 aromatic carbocycles. The Balaban J connectivity index is 1.27. The van der Waals surface area contributed by atoms with Gasteiger partial charge in [0.1, 0.15) is 0 Å². The molecular formula is C34H27N3. The van der Waals surface area contributed by atoms with E-state index in [4.69, 9.17) is 4.99 Å². The number of aliphatic imine (C=N–C) groups is 1. The minimum Gasteiger partial charge on any atom is -0.300 e. The molecule has 7 rings (SSSR count). The zero-order valence-electron chi connectivity index (χ0n) is 21.0. The minimum absolute atomic E-state index is 0.223. The number of nitrogens with zero attached hydrogens (tertiary/aromatic N) is 3. The molecule has 37 heavy (non-hydrogen) atoms. The van der Waals surface area contributed by atoms with Gasteiger partial charge in [-0.15, -0.1) is 0 Å². The predicted molar refractivity (Wildman–Crippen MR) is 155 cm³/mol. The van der Waals surface area contributed by atoms with Crippen molar-refractivity contribution in [3.63, 3.8) is 0 Å². The second-order valence-corrected chi connectivity index (χ2v) is 10.1. The molecule has 0 spiro atoms. The third-order valence-electron chi connectivity index (χ3n) is 7.56. The van der Waals surface area contributed by atoms with Crippen LogP contribution < -0.4 is 9.80 Å². The van der Waals surface area contributed by atoms with E-state index in [2.05, 4.69) is 151 Å². The molecule has 5 aromatic rings. The van der Waals surface area contributed by atoms with Crippen molar-refractivity contribution in [3.8, 4) is 22.3 Å². The standard InChI is InChI=1S/C34H27N3/c1-34(2)29-12-6-7-13-30(29)35-33-36(31-14-8-9-15-32(31)37(33)34)28-22-20-27(21-23-28)26-18-16-25(17-19-26)24-10-4-3-5-11-24/h3-23H,1-2H3. The molecule has 0 saturated carbocycles. The van der Waals surface area contributed by atoms with E-state index >= 15 is 0 Å². The van der Waals surface area contributed by atoms with E-state index in [9.17, 15) is 0 Å². The molecule has 0 N–H and O–H groups in total. The molecule has 0 fully saturated rings. The fourth-order valence-electron chi connectivity index (χ4n) is 5.67. The third-order valence-corrected chi connectivity index (χ3v) is 7.56. The second kappa shape index (κ2) is 8.21.